The fourth-order valence-electron chi connectivity index (χ4n) is 0.149. The molecule has 0 aromatic carbocycles. The van der Waals surface area contributed by atoms with Crippen molar-refractivity contribution in [1.82, 2.24) is 5.48 Å². The topological polar surface area (TPSA) is 90.4 Å². The minimum Gasteiger partial charge on any atom is -0.374 e. The molecule has 0 aliphatic heterocycles. The summed E-state index contributed by atoms with van der Waals surface area (Å²) >= 11 is 4.31. The first kappa shape index (κ1) is 8.12. The number of hydrogen-bond acceptors (Lipinski definition) is 4. The standard InChI is InChI=1S/C3H7N3O2S/c4-1-2(7)8-6-3(5)9/h1,4H2,(H3,5,6,9). The Morgan fingerprint density at radius 2 is 2.33 bits per heavy atom. The quantitative estimate of drug-likeness (QED) is 0.302. The number of hydrogen-bond donors (Lipinski definition) is 3. The number of nitrogens with two attached hydrogens (primary N) is 2. The lowest BCUT2D eigenvalue weighted by Gasteiger charge is -2.00. The monoisotopic (exact) mass is 149 g/mol. The molecule has 0 unspecified atom stereocenters. The second-order valence-electron chi connectivity index (χ2n) is 1.14. The summed E-state index contributed by atoms with van der Waals surface area (Å²) in [6.07, 6.45) is 0. The van der Waals surface area contributed by atoms with E-state index in [1.165, 1.54) is 0 Å². The number of thiocarbonyl (C=S) groups is 1. The largest absolute Gasteiger partial charge is 0.374 e. The Balaban J connectivity index is 3.28. The van der Waals surface area contributed by atoms with Crippen LogP contribution in [-0.4, -0.2) is 17.6 Å². The van der Waals surface area contributed by atoms with Gasteiger partial charge in [-0.3, -0.25) is 0 Å². The molecule has 0 heterocycles. The van der Waals surface area contributed by atoms with E-state index >= 15 is 0 Å². The van der Waals surface area contributed by atoms with Crippen molar-refractivity contribution in [2.75, 3.05) is 6.54 Å². The van der Waals surface area contributed by atoms with E-state index in [-0.39, 0.29) is 11.7 Å². The van der Waals surface area contributed by atoms with Crippen molar-refractivity contribution >= 4 is 23.3 Å². The van der Waals surface area contributed by atoms with Crippen LogP contribution in [0.3, 0.4) is 0 Å². The molecule has 9 heavy (non-hydrogen) atoms. The van der Waals surface area contributed by atoms with Crippen LogP contribution in [0, 0.1) is 0 Å². The van der Waals surface area contributed by atoms with Gasteiger partial charge in [-0.05, 0) is 12.2 Å². The molecule has 5 N–H and O–H groups in total. The van der Waals surface area contributed by atoms with Gasteiger partial charge in [-0.2, -0.15) is 5.48 Å². The lowest BCUT2D eigenvalue weighted by atomic mass is 10.7. The molecule has 0 saturated heterocycles. The van der Waals surface area contributed by atoms with E-state index in [2.05, 4.69) is 17.1 Å². The van der Waals surface area contributed by atoms with Gasteiger partial charge in [0.25, 0.3) is 0 Å². The highest BCUT2D eigenvalue weighted by Crippen LogP contribution is 1.66. The fraction of sp³-hybridized carbons (Fsp3) is 0.333. The first-order valence-electron chi connectivity index (χ1n) is 2.12. The van der Waals surface area contributed by atoms with Crippen molar-refractivity contribution in [3.63, 3.8) is 0 Å². The zero-order valence-electron chi connectivity index (χ0n) is 4.59. The van der Waals surface area contributed by atoms with Crippen molar-refractivity contribution in [1.29, 1.82) is 0 Å². The zero-order valence-corrected chi connectivity index (χ0v) is 5.40. The van der Waals surface area contributed by atoms with Crippen LogP contribution in [0.15, 0.2) is 0 Å². The van der Waals surface area contributed by atoms with Crippen molar-refractivity contribution in [3.8, 4) is 0 Å². The summed E-state index contributed by atoms with van der Waals surface area (Å²) in [6, 6.07) is 0. The summed E-state index contributed by atoms with van der Waals surface area (Å²) in [7, 11) is 0. The van der Waals surface area contributed by atoms with Crippen LogP contribution in [0.5, 0.6) is 0 Å². The van der Waals surface area contributed by atoms with E-state index in [1.54, 1.807) is 0 Å². The van der Waals surface area contributed by atoms with E-state index in [4.69, 9.17) is 11.5 Å². The van der Waals surface area contributed by atoms with Crippen LogP contribution in [0.25, 0.3) is 0 Å². The van der Waals surface area contributed by atoms with Gasteiger partial charge in [0.1, 0.15) is 0 Å². The molecular weight excluding hydrogens is 142 g/mol. The van der Waals surface area contributed by atoms with Crippen LogP contribution < -0.4 is 16.9 Å². The molecule has 0 aromatic rings. The van der Waals surface area contributed by atoms with E-state index in [9.17, 15) is 4.79 Å². The van der Waals surface area contributed by atoms with E-state index in [0.29, 0.717) is 0 Å². The maximum Gasteiger partial charge on any atom is 0.345 e. The van der Waals surface area contributed by atoms with Crippen molar-refractivity contribution < 1.29 is 9.63 Å². The summed E-state index contributed by atoms with van der Waals surface area (Å²) in [6.45, 7) is -0.199. The van der Waals surface area contributed by atoms with Crippen LogP contribution in [0.4, 0.5) is 0 Å². The summed E-state index contributed by atoms with van der Waals surface area (Å²) in [4.78, 5) is 14.4. The maximum absolute atomic E-state index is 10.2. The first-order valence-corrected chi connectivity index (χ1v) is 2.53. The SMILES string of the molecule is NCC(=O)ONC(N)=S. The Morgan fingerprint density at radius 3 is 2.67 bits per heavy atom. The number of carbonyl (C=O) groups is 1. The van der Waals surface area contributed by atoms with Gasteiger partial charge in [0, 0.05) is 0 Å². The Morgan fingerprint density at radius 1 is 1.78 bits per heavy atom. The number of rotatable bonds is 1. The van der Waals surface area contributed by atoms with E-state index in [0.717, 1.165) is 0 Å². The van der Waals surface area contributed by atoms with Crippen LogP contribution in [-0.2, 0) is 9.63 Å². The van der Waals surface area contributed by atoms with E-state index in [1.807, 2.05) is 5.48 Å². The maximum atomic E-state index is 10.2. The summed E-state index contributed by atoms with van der Waals surface area (Å²) in [5.74, 6) is -0.609. The molecule has 0 aliphatic rings. The molecule has 52 valence electrons. The van der Waals surface area contributed by atoms with Gasteiger partial charge in [0.2, 0.25) is 0 Å². The molecule has 0 rings (SSSR count). The molecule has 0 bridgehead atoms. The second kappa shape index (κ2) is 4.04. The minimum absolute atomic E-state index is 0.100. The summed E-state index contributed by atoms with van der Waals surface area (Å²) in [5.41, 5.74) is 11.7. The molecule has 0 aromatic heterocycles. The Bertz CT molecular complexity index is 126. The summed E-state index contributed by atoms with van der Waals surface area (Å²) in [5, 5.41) is -0.100. The third-order valence-electron chi connectivity index (χ3n) is 0.432. The highest BCUT2D eigenvalue weighted by Gasteiger charge is 1.96. The molecule has 0 radical (unpaired) electrons. The molecule has 0 atom stereocenters. The first-order chi connectivity index (χ1) is 4.16. The van der Waals surface area contributed by atoms with Crippen LogP contribution in [0.1, 0.15) is 0 Å². The minimum atomic E-state index is -0.609. The predicted octanol–water partition coefficient (Wildman–Crippen LogP) is -1.76. The van der Waals surface area contributed by atoms with Crippen molar-refractivity contribution in [3.05, 3.63) is 0 Å². The van der Waals surface area contributed by atoms with Gasteiger partial charge in [-0.15, -0.1) is 0 Å². The average molecular weight is 149 g/mol. The van der Waals surface area contributed by atoms with Gasteiger partial charge in [-0.25, -0.2) is 4.79 Å². The lowest BCUT2D eigenvalue weighted by molar-refractivity contribution is -0.145. The number of nitrogens with one attached hydrogen (secondary N) is 1. The molecule has 0 amide bonds. The fourth-order valence-corrected chi connectivity index (χ4v) is 0.191. The predicted molar refractivity (Wildman–Crippen MR) is 35.1 cm³/mol. The number of hydroxylamine groups is 1. The van der Waals surface area contributed by atoms with Crippen LogP contribution in [0.2, 0.25) is 0 Å². The molecule has 5 nitrogen and oxygen atoms in total. The van der Waals surface area contributed by atoms with Gasteiger partial charge in [0.05, 0.1) is 6.54 Å². The number of carbonyl (C=O) groups excluding carboxylic acids is 1. The second-order valence-corrected chi connectivity index (χ2v) is 1.58. The molecule has 0 fully saturated rings. The Kier molecular flexibility index (Phi) is 3.65. The molecule has 6 heteroatoms. The van der Waals surface area contributed by atoms with Crippen molar-refractivity contribution in [2.45, 2.75) is 0 Å². The van der Waals surface area contributed by atoms with E-state index < -0.39 is 5.97 Å². The summed E-state index contributed by atoms with van der Waals surface area (Å²) < 4.78 is 0. The zero-order chi connectivity index (χ0) is 7.28. The molecular formula is C3H7N3O2S. The Labute approximate surface area is 57.3 Å². The Hall–Kier alpha value is -0.880. The molecule has 0 spiro atoms. The van der Waals surface area contributed by atoms with Gasteiger partial charge in [-0.1, -0.05) is 0 Å². The normalized spacial score (nSPS) is 8.11. The average Bonchev–Trinajstić information content (AvgIpc) is 1.83. The third kappa shape index (κ3) is 4.98. The van der Waals surface area contributed by atoms with Gasteiger partial charge in [0.15, 0.2) is 5.11 Å². The lowest BCUT2D eigenvalue weighted by Crippen LogP contribution is -2.33. The smallest absolute Gasteiger partial charge is 0.345 e. The highest BCUT2D eigenvalue weighted by molar-refractivity contribution is 7.80. The van der Waals surface area contributed by atoms with Crippen LogP contribution >= 0.6 is 12.2 Å². The van der Waals surface area contributed by atoms with Gasteiger partial charge >= 0.3 is 5.97 Å². The highest BCUT2D eigenvalue weighted by atomic mass is 32.1. The van der Waals surface area contributed by atoms with Crippen molar-refractivity contribution in [2.24, 2.45) is 11.5 Å². The molecule has 0 aliphatic carbocycles. The van der Waals surface area contributed by atoms with Gasteiger partial charge < -0.3 is 16.3 Å². The molecule has 0 saturated carbocycles. The third-order valence-corrected chi connectivity index (χ3v) is 0.515.